The molecular formula is C17H13Cl2FOS. The molecule has 0 radical (unpaired) electrons. The van der Waals surface area contributed by atoms with Gasteiger partial charge in [-0.2, -0.15) is 0 Å². The van der Waals surface area contributed by atoms with E-state index < -0.39 is 0 Å². The van der Waals surface area contributed by atoms with E-state index in [2.05, 4.69) is 0 Å². The van der Waals surface area contributed by atoms with Gasteiger partial charge in [0.05, 0.1) is 15.1 Å². The normalized spacial score (nSPS) is 12.5. The van der Waals surface area contributed by atoms with Crippen molar-refractivity contribution in [3.8, 4) is 5.75 Å². The minimum Gasteiger partial charge on any atom is -0.484 e. The predicted octanol–water partition coefficient (Wildman–Crippen LogP) is 6.44. The molecule has 2 aromatic carbocycles. The van der Waals surface area contributed by atoms with Crippen molar-refractivity contribution in [2.24, 2.45) is 0 Å². The average Bonchev–Trinajstić information content (AvgIpc) is 2.93. The SMILES string of the molecule is Fc1ccc(O[C@H](CCCl)c2ccccc2)c2scc(Cl)c12. The lowest BCUT2D eigenvalue weighted by Gasteiger charge is -2.19. The van der Waals surface area contributed by atoms with E-state index in [1.165, 1.54) is 17.4 Å². The molecule has 0 fully saturated rings. The Morgan fingerprint density at radius 2 is 1.91 bits per heavy atom. The van der Waals surface area contributed by atoms with Crippen molar-refractivity contribution in [3.63, 3.8) is 0 Å². The van der Waals surface area contributed by atoms with E-state index in [0.717, 1.165) is 10.3 Å². The summed E-state index contributed by atoms with van der Waals surface area (Å²) in [4.78, 5) is 0. The van der Waals surface area contributed by atoms with E-state index in [4.69, 9.17) is 27.9 Å². The first-order valence-electron chi connectivity index (χ1n) is 6.83. The van der Waals surface area contributed by atoms with E-state index in [1.807, 2.05) is 30.3 Å². The summed E-state index contributed by atoms with van der Waals surface area (Å²) < 4.78 is 20.8. The number of benzene rings is 2. The maximum absolute atomic E-state index is 13.9. The third-order valence-electron chi connectivity index (χ3n) is 3.40. The Morgan fingerprint density at radius 1 is 1.14 bits per heavy atom. The third kappa shape index (κ3) is 3.07. The number of rotatable bonds is 5. The predicted molar refractivity (Wildman–Crippen MR) is 91.9 cm³/mol. The molecule has 0 aliphatic rings. The zero-order valence-electron chi connectivity index (χ0n) is 11.6. The van der Waals surface area contributed by atoms with Crippen LogP contribution in [-0.2, 0) is 0 Å². The van der Waals surface area contributed by atoms with Crippen molar-refractivity contribution in [3.05, 3.63) is 64.2 Å². The van der Waals surface area contributed by atoms with Gasteiger partial charge in [0.25, 0.3) is 0 Å². The van der Waals surface area contributed by atoms with Crippen molar-refractivity contribution in [1.82, 2.24) is 0 Å². The summed E-state index contributed by atoms with van der Waals surface area (Å²) in [6, 6.07) is 12.9. The molecule has 1 aromatic heterocycles. The van der Waals surface area contributed by atoms with E-state index in [9.17, 15) is 4.39 Å². The molecule has 1 atom stereocenters. The molecule has 0 saturated heterocycles. The molecule has 22 heavy (non-hydrogen) atoms. The van der Waals surface area contributed by atoms with E-state index in [0.29, 0.717) is 28.5 Å². The Kier molecular flexibility index (Phi) is 4.87. The number of alkyl halides is 1. The lowest BCUT2D eigenvalue weighted by molar-refractivity contribution is 0.205. The van der Waals surface area contributed by atoms with Crippen molar-refractivity contribution in [1.29, 1.82) is 0 Å². The number of hydrogen-bond donors (Lipinski definition) is 0. The van der Waals surface area contributed by atoms with Crippen LogP contribution in [0.5, 0.6) is 5.75 Å². The maximum atomic E-state index is 13.9. The molecule has 0 amide bonds. The van der Waals surface area contributed by atoms with Crippen LogP contribution in [0, 0.1) is 5.82 Å². The van der Waals surface area contributed by atoms with Gasteiger partial charge in [0.1, 0.15) is 17.7 Å². The number of thiophene rings is 1. The fourth-order valence-corrected chi connectivity index (χ4v) is 3.82. The summed E-state index contributed by atoms with van der Waals surface area (Å²) in [6.07, 6.45) is 0.497. The largest absolute Gasteiger partial charge is 0.484 e. The smallest absolute Gasteiger partial charge is 0.138 e. The van der Waals surface area contributed by atoms with E-state index in [1.54, 1.807) is 11.4 Å². The number of fused-ring (bicyclic) bond motifs is 1. The molecule has 3 rings (SSSR count). The first kappa shape index (κ1) is 15.6. The second-order valence-corrected chi connectivity index (χ2v) is 6.49. The summed E-state index contributed by atoms with van der Waals surface area (Å²) in [5.41, 5.74) is 1.04. The van der Waals surface area contributed by atoms with Crippen molar-refractivity contribution < 1.29 is 9.13 Å². The van der Waals surface area contributed by atoms with Gasteiger partial charge in [-0.05, 0) is 17.7 Å². The Hall–Kier alpha value is -1.29. The molecule has 0 unspecified atom stereocenters. The van der Waals surface area contributed by atoms with Gasteiger partial charge in [-0.15, -0.1) is 22.9 Å². The summed E-state index contributed by atoms with van der Waals surface area (Å²) in [6.45, 7) is 0. The van der Waals surface area contributed by atoms with Crippen LogP contribution in [0.4, 0.5) is 4.39 Å². The summed E-state index contributed by atoms with van der Waals surface area (Å²) in [7, 11) is 0. The van der Waals surface area contributed by atoms with E-state index >= 15 is 0 Å². The van der Waals surface area contributed by atoms with Crippen molar-refractivity contribution in [2.75, 3.05) is 5.88 Å². The Labute approximate surface area is 142 Å². The van der Waals surface area contributed by atoms with Crippen LogP contribution < -0.4 is 4.74 Å². The highest BCUT2D eigenvalue weighted by Gasteiger charge is 2.17. The molecule has 1 nitrogen and oxygen atoms in total. The summed E-state index contributed by atoms with van der Waals surface area (Å²) >= 11 is 13.3. The topological polar surface area (TPSA) is 9.23 Å². The molecular weight excluding hydrogens is 342 g/mol. The first-order chi connectivity index (χ1) is 10.7. The molecule has 0 spiro atoms. The van der Waals surface area contributed by atoms with Crippen molar-refractivity contribution >= 4 is 44.6 Å². The highest BCUT2D eigenvalue weighted by atomic mass is 35.5. The van der Waals surface area contributed by atoms with Gasteiger partial charge >= 0.3 is 0 Å². The Balaban J connectivity index is 1.98. The van der Waals surface area contributed by atoms with Gasteiger partial charge in [-0.1, -0.05) is 41.9 Å². The summed E-state index contributed by atoms with van der Waals surface area (Å²) in [5.74, 6) is 0.782. The van der Waals surface area contributed by atoms with Gasteiger partial charge in [0.15, 0.2) is 0 Å². The zero-order chi connectivity index (χ0) is 15.5. The molecule has 3 aromatic rings. The van der Waals surface area contributed by atoms with Crippen LogP contribution in [0.1, 0.15) is 18.1 Å². The molecule has 0 N–H and O–H groups in total. The van der Waals surface area contributed by atoms with Crippen molar-refractivity contribution in [2.45, 2.75) is 12.5 Å². The quantitative estimate of drug-likeness (QED) is 0.478. The second kappa shape index (κ2) is 6.86. The van der Waals surface area contributed by atoms with Gasteiger partial charge < -0.3 is 4.74 Å². The zero-order valence-corrected chi connectivity index (χ0v) is 13.9. The molecule has 0 aliphatic heterocycles. The van der Waals surface area contributed by atoms with Gasteiger partial charge in [0, 0.05) is 17.7 Å². The highest BCUT2D eigenvalue weighted by Crippen LogP contribution is 2.40. The van der Waals surface area contributed by atoms with Gasteiger partial charge in [-0.3, -0.25) is 0 Å². The van der Waals surface area contributed by atoms with Crippen LogP contribution in [0.3, 0.4) is 0 Å². The fraction of sp³-hybridized carbons (Fsp3) is 0.176. The van der Waals surface area contributed by atoms with E-state index in [-0.39, 0.29) is 11.9 Å². The van der Waals surface area contributed by atoms with Gasteiger partial charge in [-0.25, -0.2) is 4.39 Å². The lowest BCUT2D eigenvalue weighted by atomic mass is 10.1. The molecule has 0 bridgehead atoms. The fourth-order valence-electron chi connectivity index (χ4n) is 2.36. The lowest BCUT2D eigenvalue weighted by Crippen LogP contribution is -2.08. The van der Waals surface area contributed by atoms with Crippen LogP contribution in [-0.4, -0.2) is 5.88 Å². The average molecular weight is 355 g/mol. The second-order valence-electron chi connectivity index (χ2n) is 4.83. The Morgan fingerprint density at radius 3 is 2.64 bits per heavy atom. The minimum atomic E-state index is -0.331. The summed E-state index contributed by atoms with van der Waals surface area (Å²) in [5, 5.41) is 2.56. The highest BCUT2D eigenvalue weighted by molar-refractivity contribution is 7.18. The third-order valence-corrected chi connectivity index (χ3v) is 5.04. The van der Waals surface area contributed by atoms with Crippen LogP contribution in [0.15, 0.2) is 47.8 Å². The Bertz CT molecular complexity index is 773. The molecule has 114 valence electrons. The van der Waals surface area contributed by atoms with Crippen LogP contribution in [0.25, 0.3) is 10.1 Å². The van der Waals surface area contributed by atoms with Crippen LogP contribution >= 0.6 is 34.5 Å². The molecule has 5 heteroatoms. The number of halogens is 3. The van der Waals surface area contributed by atoms with Crippen LogP contribution in [0.2, 0.25) is 5.02 Å². The molecule has 1 heterocycles. The number of ether oxygens (including phenoxy) is 1. The molecule has 0 aliphatic carbocycles. The monoisotopic (exact) mass is 354 g/mol. The first-order valence-corrected chi connectivity index (χ1v) is 8.62. The standard InChI is InChI=1S/C17H13Cl2FOS/c18-9-8-14(11-4-2-1-3-5-11)21-15-7-6-13(20)16-12(19)10-22-17(15)16/h1-7,10,14H,8-9H2/t14-/m1/s1. The molecule has 0 saturated carbocycles. The maximum Gasteiger partial charge on any atom is 0.138 e. The minimum absolute atomic E-state index is 0.173. The number of hydrogen-bond acceptors (Lipinski definition) is 2. The van der Waals surface area contributed by atoms with Gasteiger partial charge in [0.2, 0.25) is 0 Å².